The van der Waals surface area contributed by atoms with Crippen molar-refractivity contribution in [3.8, 4) is 0 Å². The number of hydrogen-bond acceptors (Lipinski definition) is 4. The van der Waals surface area contributed by atoms with Crippen molar-refractivity contribution in [3.05, 3.63) is 58.2 Å². The van der Waals surface area contributed by atoms with E-state index in [0.29, 0.717) is 24.7 Å². The fraction of sp³-hybridized carbons (Fsp3) is 0.600. The Kier molecular flexibility index (Phi) is 23.8. The molecule has 0 saturated heterocycles. The van der Waals surface area contributed by atoms with Crippen molar-refractivity contribution in [1.82, 2.24) is 15.2 Å². The van der Waals surface area contributed by atoms with Gasteiger partial charge in [0.2, 0.25) is 0 Å². The number of amidine groups is 1. The third-order valence-corrected chi connectivity index (χ3v) is 5.44. The number of nitrogens with zero attached hydrogens (tertiary/aromatic N) is 2. The summed E-state index contributed by atoms with van der Waals surface area (Å²) in [5.41, 5.74) is 7.65. The van der Waals surface area contributed by atoms with Gasteiger partial charge in [-0.3, -0.25) is 0 Å². The molecule has 1 aromatic carbocycles. The average Bonchev–Trinajstić information content (AvgIpc) is 3.30. The number of nitrogens with one attached hydrogen (secondary N) is 2. The fourth-order valence-electron chi connectivity index (χ4n) is 3.57. The lowest BCUT2D eigenvalue weighted by molar-refractivity contribution is 0.0523. The smallest absolute Gasteiger partial charge is 0.407 e. The number of benzene rings is 1. The largest absolute Gasteiger partial charge is 0.444 e. The Labute approximate surface area is 257 Å². The molecular weight excluding hydrogens is 522 g/mol. The van der Waals surface area contributed by atoms with Crippen molar-refractivity contribution in [3.63, 3.8) is 0 Å². The van der Waals surface area contributed by atoms with E-state index in [4.69, 9.17) is 10.5 Å². The van der Waals surface area contributed by atoms with Gasteiger partial charge < -0.3 is 25.7 Å². The summed E-state index contributed by atoms with van der Waals surface area (Å²) in [6.07, 6.45) is 10.1. The van der Waals surface area contributed by atoms with Crippen LogP contribution in [0.4, 0.5) is 4.79 Å². The van der Waals surface area contributed by atoms with E-state index in [0.717, 1.165) is 34.5 Å². The first-order valence-electron chi connectivity index (χ1n) is 15.9. The van der Waals surface area contributed by atoms with Crippen LogP contribution in [0.1, 0.15) is 125 Å². The Bertz CT molecular complexity index is 1090. The Morgan fingerprint density at radius 3 is 1.93 bits per heavy atom. The maximum absolute atomic E-state index is 11.8. The molecule has 1 aromatic heterocycles. The third-order valence-electron chi connectivity index (χ3n) is 5.44. The summed E-state index contributed by atoms with van der Waals surface area (Å²) in [5.74, 6) is 1.31. The number of unbranched alkanes of at least 4 members (excludes halogenated alkanes) is 3. The number of rotatable bonds is 11. The van der Waals surface area contributed by atoms with Crippen LogP contribution in [0.15, 0.2) is 41.5 Å². The highest BCUT2D eigenvalue weighted by Gasteiger charge is 2.15. The molecule has 7 nitrogen and oxygen atoms in total. The topological polar surface area (TPSA) is 93.7 Å². The fourth-order valence-corrected chi connectivity index (χ4v) is 3.57. The minimum absolute atomic E-state index is 0.413. The second-order valence-electron chi connectivity index (χ2n) is 10.9. The molecule has 0 radical (unpaired) electrons. The standard InChI is InChI=1S/C24H35N5O2.C6H14.C3H8.C2H6/c1-7-8-20(25)28-22(26-6)21-17(2)13-14-29(21)16-19-11-9-18(10-12-19)15-27-23(30)31-24(3,4)5;1-3-5-6-4-2;1-3-2;1-2/h9-14,26H,2,7-8,15-16H2,1,3-6H3,(H2,25,28)(H,27,30);3-6H2,1-2H3;3H2,1-2H3;1-2H3/b22-21+;;;. The molecular formula is C35H63N5O2. The van der Waals surface area contributed by atoms with Crippen molar-refractivity contribution < 1.29 is 9.53 Å². The Hall–Kier alpha value is -3.22. The number of aromatic nitrogens is 1. The Morgan fingerprint density at radius 1 is 0.952 bits per heavy atom. The van der Waals surface area contributed by atoms with Gasteiger partial charge in [0.25, 0.3) is 0 Å². The molecule has 7 heteroatoms. The van der Waals surface area contributed by atoms with Crippen LogP contribution in [0.25, 0.3) is 12.4 Å². The average molecular weight is 586 g/mol. The van der Waals surface area contributed by atoms with Crippen molar-refractivity contribution >= 4 is 24.3 Å². The molecule has 42 heavy (non-hydrogen) atoms. The number of carbonyl (C=O) groups is 1. The zero-order chi connectivity index (χ0) is 32.6. The summed E-state index contributed by atoms with van der Waals surface area (Å²) in [5, 5.41) is 7.72. The monoisotopic (exact) mass is 585 g/mol. The first kappa shape index (κ1) is 40.9. The second-order valence-corrected chi connectivity index (χ2v) is 10.9. The molecule has 0 spiro atoms. The highest BCUT2D eigenvalue weighted by molar-refractivity contribution is 5.83. The SMILES string of the molecule is C=c1ccn(Cc2ccc(CNC(=O)OC(C)(C)C)cc2)/c1=C(/N=C(/N)CCC)NC.CC.CCC.CCCCCC. The number of carbonyl (C=O) groups excluding carboxylic acids is 1. The normalized spacial score (nSPS) is 11.5. The van der Waals surface area contributed by atoms with E-state index < -0.39 is 11.7 Å². The number of alkyl carbamates (subject to hydrolysis) is 1. The van der Waals surface area contributed by atoms with Crippen LogP contribution in [0.5, 0.6) is 0 Å². The summed E-state index contributed by atoms with van der Waals surface area (Å²) in [7, 11) is 1.83. The van der Waals surface area contributed by atoms with Gasteiger partial charge in [0.05, 0.1) is 5.35 Å². The lowest BCUT2D eigenvalue weighted by Gasteiger charge is -2.19. The molecule has 2 aromatic rings. The Morgan fingerprint density at radius 2 is 1.48 bits per heavy atom. The summed E-state index contributed by atoms with van der Waals surface area (Å²) in [4.78, 5) is 16.4. The van der Waals surface area contributed by atoms with E-state index in [-0.39, 0.29) is 0 Å². The molecule has 0 aliphatic rings. The lowest BCUT2D eigenvalue weighted by Crippen LogP contribution is -2.34. The minimum atomic E-state index is -0.510. The molecule has 2 rings (SSSR count). The van der Waals surface area contributed by atoms with E-state index in [9.17, 15) is 4.79 Å². The van der Waals surface area contributed by atoms with E-state index in [2.05, 4.69) is 61.4 Å². The van der Waals surface area contributed by atoms with Crippen LogP contribution < -0.4 is 26.9 Å². The molecule has 0 aliphatic carbocycles. The minimum Gasteiger partial charge on any atom is -0.444 e. The second kappa shape index (κ2) is 24.4. The molecule has 0 aliphatic heterocycles. The van der Waals surface area contributed by atoms with Crippen molar-refractivity contribution in [2.75, 3.05) is 7.05 Å². The number of ether oxygens (including phenoxy) is 1. The van der Waals surface area contributed by atoms with Crippen LogP contribution in [0.2, 0.25) is 0 Å². The van der Waals surface area contributed by atoms with Gasteiger partial charge in [0, 0.05) is 32.8 Å². The van der Waals surface area contributed by atoms with Crippen LogP contribution >= 0.6 is 0 Å². The van der Waals surface area contributed by atoms with Crippen molar-refractivity contribution in [1.29, 1.82) is 0 Å². The molecule has 1 amide bonds. The van der Waals surface area contributed by atoms with Gasteiger partial charge in [-0.2, -0.15) is 0 Å². The zero-order valence-corrected chi connectivity index (χ0v) is 28.8. The van der Waals surface area contributed by atoms with E-state index >= 15 is 0 Å². The summed E-state index contributed by atoms with van der Waals surface area (Å²) >= 11 is 0. The molecule has 4 N–H and O–H groups in total. The molecule has 1 heterocycles. The van der Waals surface area contributed by atoms with Gasteiger partial charge in [0.1, 0.15) is 11.4 Å². The molecule has 0 saturated carbocycles. The summed E-state index contributed by atoms with van der Waals surface area (Å²) in [6, 6.07) is 10.1. The number of aliphatic imine (C=N–C) groups is 1. The predicted molar refractivity (Wildman–Crippen MR) is 184 cm³/mol. The summed E-state index contributed by atoms with van der Waals surface area (Å²) in [6.45, 7) is 25.5. The molecule has 0 bridgehead atoms. The van der Waals surface area contributed by atoms with Gasteiger partial charge in [-0.15, -0.1) is 0 Å². The van der Waals surface area contributed by atoms with Crippen LogP contribution in [-0.4, -0.2) is 29.1 Å². The lowest BCUT2D eigenvalue weighted by atomic mass is 10.1. The van der Waals surface area contributed by atoms with E-state index in [1.807, 2.05) is 78.2 Å². The number of nitrogens with two attached hydrogens (primary N) is 1. The van der Waals surface area contributed by atoms with Gasteiger partial charge >= 0.3 is 6.09 Å². The van der Waals surface area contributed by atoms with Crippen LogP contribution in [-0.2, 0) is 17.8 Å². The zero-order valence-electron chi connectivity index (χ0n) is 28.8. The third kappa shape index (κ3) is 19.0. The molecule has 0 fully saturated rings. The predicted octanol–water partition coefficient (Wildman–Crippen LogP) is 7.44. The van der Waals surface area contributed by atoms with Crippen molar-refractivity contribution in [2.45, 2.75) is 133 Å². The van der Waals surface area contributed by atoms with Gasteiger partial charge in [0.15, 0.2) is 5.82 Å². The van der Waals surface area contributed by atoms with Crippen LogP contribution in [0, 0.1) is 0 Å². The highest BCUT2D eigenvalue weighted by Crippen LogP contribution is 2.09. The maximum Gasteiger partial charge on any atom is 0.407 e. The van der Waals surface area contributed by atoms with Crippen molar-refractivity contribution in [2.24, 2.45) is 10.7 Å². The summed E-state index contributed by atoms with van der Waals surface area (Å²) < 4.78 is 7.37. The Balaban J connectivity index is 0. The van der Waals surface area contributed by atoms with E-state index in [1.165, 1.54) is 32.1 Å². The van der Waals surface area contributed by atoms with Gasteiger partial charge in [-0.25, -0.2) is 9.79 Å². The van der Waals surface area contributed by atoms with Crippen LogP contribution in [0.3, 0.4) is 0 Å². The molecule has 240 valence electrons. The first-order chi connectivity index (χ1) is 20.0. The highest BCUT2D eigenvalue weighted by atomic mass is 16.6. The molecule has 0 atom stereocenters. The maximum atomic E-state index is 11.8. The van der Waals surface area contributed by atoms with E-state index in [1.54, 1.807) is 0 Å². The quantitative estimate of drug-likeness (QED) is 0.145. The number of hydrogen-bond donors (Lipinski definition) is 3. The number of amides is 1. The molecule has 0 unspecified atom stereocenters. The first-order valence-corrected chi connectivity index (χ1v) is 15.9. The van der Waals surface area contributed by atoms with Gasteiger partial charge in [-0.1, -0.05) is 111 Å². The van der Waals surface area contributed by atoms with Gasteiger partial charge in [-0.05, 0) is 49.6 Å².